The molecule has 0 saturated carbocycles. The molecule has 3 heterocycles. The zero-order valence-electron chi connectivity index (χ0n) is 14.9. The van der Waals surface area contributed by atoms with Gasteiger partial charge < -0.3 is 4.98 Å². The topological polar surface area (TPSA) is 89.4 Å². The Bertz CT molecular complexity index is 900. The molecule has 3 aromatic rings. The molecule has 1 N–H and O–H groups in total. The van der Waals surface area contributed by atoms with Crippen LogP contribution in [0.1, 0.15) is 48.4 Å². The maximum atomic E-state index is 11.5. The van der Waals surface area contributed by atoms with Gasteiger partial charge in [0.2, 0.25) is 0 Å². The second kappa shape index (κ2) is 6.96. The fraction of sp³-hybridized carbons (Fsp3) is 0.389. The number of hydrogen-bond donors (Lipinski definition) is 1. The van der Waals surface area contributed by atoms with E-state index in [4.69, 9.17) is 4.98 Å². The van der Waals surface area contributed by atoms with Gasteiger partial charge in [0.25, 0.3) is 0 Å². The van der Waals surface area contributed by atoms with Gasteiger partial charge in [0, 0.05) is 29.9 Å². The van der Waals surface area contributed by atoms with Gasteiger partial charge in [0.1, 0.15) is 5.82 Å². The largest absolute Gasteiger partial charge is 0.345 e. The summed E-state index contributed by atoms with van der Waals surface area (Å²) in [5.74, 6) is 2.65. The van der Waals surface area contributed by atoms with E-state index in [0.29, 0.717) is 6.42 Å². The van der Waals surface area contributed by atoms with Gasteiger partial charge in [-0.3, -0.25) is 0 Å². The SMILES string of the molecule is Cc1nc(=O)[nH]c(C)c1CCc1nc(C(C)C)nn1-c1ccccn1. The Morgan fingerprint density at radius 2 is 1.96 bits per heavy atom. The van der Waals surface area contributed by atoms with E-state index >= 15 is 0 Å². The minimum Gasteiger partial charge on any atom is -0.310 e. The molecule has 130 valence electrons. The Balaban J connectivity index is 1.94. The van der Waals surface area contributed by atoms with Crippen LogP contribution in [0.3, 0.4) is 0 Å². The van der Waals surface area contributed by atoms with E-state index in [9.17, 15) is 4.79 Å². The monoisotopic (exact) mass is 338 g/mol. The summed E-state index contributed by atoms with van der Waals surface area (Å²) in [7, 11) is 0. The third kappa shape index (κ3) is 3.65. The predicted octanol–water partition coefficient (Wildman–Crippen LogP) is 2.27. The van der Waals surface area contributed by atoms with Crippen LogP contribution < -0.4 is 5.69 Å². The summed E-state index contributed by atoms with van der Waals surface area (Å²) in [4.78, 5) is 27.3. The average molecular weight is 338 g/mol. The van der Waals surface area contributed by atoms with Gasteiger partial charge in [-0.25, -0.2) is 14.8 Å². The number of H-pyrrole nitrogens is 1. The zero-order chi connectivity index (χ0) is 18.0. The molecule has 0 aromatic carbocycles. The van der Waals surface area contributed by atoms with Crippen molar-refractivity contribution in [2.75, 3.05) is 0 Å². The van der Waals surface area contributed by atoms with Crippen molar-refractivity contribution in [2.45, 2.75) is 46.5 Å². The maximum absolute atomic E-state index is 11.5. The second-order valence-corrected chi connectivity index (χ2v) is 6.37. The molecule has 0 amide bonds. The van der Waals surface area contributed by atoms with Crippen LogP contribution in [0, 0.1) is 13.8 Å². The molecule has 0 aliphatic carbocycles. The normalized spacial score (nSPS) is 11.2. The van der Waals surface area contributed by atoms with Crippen LogP contribution in [-0.2, 0) is 12.8 Å². The third-order valence-electron chi connectivity index (χ3n) is 4.12. The Kier molecular flexibility index (Phi) is 4.74. The molecule has 25 heavy (non-hydrogen) atoms. The standard InChI is InChI=1S/C18H22N6O/c1-11(2)17-22-16(24(23-17)15-7-5-6-10-19-15)9-8-14-12(3)20-18(25)21-13(14)4/h5-7,10-11H,8-9H2,1-4H3,(H,20,21,25). The molecular weight excluding hydrogens is 316 g/mol. The van der Waals surface area contributed by atoms with Crippen molar-refractivity contribution in [3.8, 4) is 5.82 Å². The second-order valence-electron chi connectivity index (χ2n) is 6.37. The Morgan fingerprint density at radius 3 is 2.60 bits per heavy atom. The summed E-state index contributed by atoms with van der Waals surface area (Å²) >= 11 is 0. The summed E-state index contributed by atoms with van der Waals surface area (Å²) in [5, 5.41) is 4.62. The quantitative estimate of drug-likeness (QED) is 0.771. The third-order valence-corrected chi connectivity index (χ3v) is 4.12. The van der Waals surface area contributed by atoms with E-state index in [1.165, 1.54) is 0 Å². The van der Waals surface area contributed by atoms with Crippen molar-refractivity contribution in [3.63, 3.8) is 0 Å². The first kappa shape index (κ1) is 17.0. The first-order chi connectivity index (χ1) is 12.0. The highest BCUT2D eigenvalue weighted by molar-refractivity contribution is 5.26. The van der Waals surface area contributed by atoms with Crippen molar-refractivity contribution in [3.05, 3.63) is 63.5 Å². The molecule has 7 heteroatoms. The molecule has 3 aromatic heterocycles. The van der Waals surface area contributed by atoms with Crippen LogP contribution >= 0.6 is 0 Å². The van der Waals surface area contributed by atoms with E-state index in [2.05, 4.69) is 33.9 Å². The number of aromatic nitrogens is 6. The van der Waals surface area contributed by atoms with Gasteiger partial charge >= 0.3 is 5.69 Å². The van der Waals surface area contributed by atoms with Gasteiger partial charge in [-0.1, -0.05) is 19.9 Å². The van der Waals surface area contributed by atoms with Crippen LogP contribution in [0.15, 0.2) is 29.2 Å². The molecule has 0 radical (unpaired) electrons. The Morgan fingerprint density at radius 1 is 1.16 bits per heavy atom. The number of pyridine rings is 1. The summed E-state index contributed by atoms with van der Waals surface area (Å²) < 4.78 is 1.80. The van der Waals surface area contributed by atoms with Crippen LogP contribution in [0.5, 0.6) is 0 Å². The number of rotatable bonds is 5. The molecule has 0 aliphatic heterocycles. The minimum absolute atomic E-state index is 0.238. The first-order valence-corrected chi connectivity index (χ1v) is 8.39. The number of hydrogen-bond acceptors (Lipinski definition) is 5. The van der Waals surface area contributed by atoms with E-state index in [-0.39, 0.29) is 11.6 Å². The van der Waals surface area contributed by atoms with E-state index < -0.39 is 0 Å². The van der Waals surface area contributed by atoms with Gasteiger partial charge in [-0.05, 0) is 38.0 Å². The number of aryl methyl sites for hydroxylation is 3. The van der Waals surface area contributed by atoms with Gasteiger partial charge in [0.15, 0.2) is 11.6 Å². The van der Waals surface area contributed by atoms with Crippen molar-refractivity contribution >= 4 is 0 Å². The van der Waals surface area contributed by atoms with E-state index in [1.807, 2.05) is 32.0 Å². The van der Waals surface area contributed by atoms with Crippen LogP contribution in [-0.4, -0.2) is 29.7 Å². The molecule has 0 aliphatic rings. The summed E-state index contributed by atoms with van der Waals surface area (Å²) in [6, 6.07) is 5.73. The lowest BCUT2D eigenvalue weighted by atomic mass is 10.1. The highest BCUT2D eigenvalue weighted by Gasteiger charge is 2.16. The smallest absolute Gasteiger partial charge is 0.310 e. The fourth-order valence-electron chi connectivity index (χ4n) is 2.79. The van der Waals surface area contributed by atoms with Gasteiger partial charge in [0.05, 0.1) is 0 Å². The Labute approximate surface area is 146 Å². The van der Waals surface area contributed by atoms with Crippen molar-refractivity contribution in [1.82, 2.24) is 29.7 Å². The summed E-state index contributed by atoms with van der Waals surface area (Å²) in [6.45, 7) is 7.90. The number of nitrogens with one attached hydrogen (secondary N) is 1. The lowest BCUT2D eigenvalue weighted by Gasteiger charge is -2.08. The minimum atomic E-state index is -0.308. The highest BCUT2D eigenvalue weighted by atomic mass is 16.1. The fourth-order valence-corrected chi connectivity index (χ4v) is 2.79. The van der Waals surface area contributed by atoms with Crippen LogP contribution in [0.25, 0.3) is 5.82 Å². The lowest BCUT2D eigenvalue weighted by molar-refractivity contribution is 0.726. The zero-order valence-corrected chi connectivity index (χ0v) is 14.9. The van der Waals surface area contributed by atoms with Crippen LogP contribution in [0.2, 0.25) is 0 Å². The van der Waals surface area contributed by atoms with Crippen LogP contribution in [0.4, 0.5) is 0 Å². The van der Waals surface area contributed by atoms with Crippen molar-refractivity contribution in [1.29, 1.82) is 0 Å². The number of nitrogens with zero attached hydrogens (tertiary/aromatic N) is 5. The molecule has 0 spiro atoms. The molecule has 0 unspecified atom stereocenters. The summed E-state index contributed by atoms with van der Waals surface area (Å²) in [6.07, 6.45) is 3.16. The molecule has 0 atom stereocenters. The lowest BCUT2D eigenvalue weighted by Crippen LogP contribution is -2.17. The van der Waals surface area contributed by atoms with Crippen molar-refractivity contribution in [2.24, 2.45) is 0 Å². The highest BCUT2D eigenvalue weighted by Crippen LogP contribution is 2.16. The Hall–Kier alpha value is -2.83. The molecule has 0 fully saturated rings. The molecule has 3 rings (SSSR count). The van der Waals surface area contributed by atoms with E-state index in [0.717, 1.165) is 40.8 Å². The van der Waals surface area contributed by atoms with Crippen molar-refractivity contribution < 1.29 is 0 Å². The van der Waals surface area contributed by atoms with Gasteiger partial charge in [-0.15, -0.1) is 5.10 Å². The molecular formula is C18H22N6O. The van der Waals surface area contributed by atoms with Gasteiger partial charge in [-0.2, -0.15) is 9.67 Å². The molecule has 0 saturated heterocycles. The summed E-state index contributed by atoms with van der Waals surface area (Å²) in [5.41, 5.74) is 2.35. The molecule has 0 bridgehead atoms. The molecule has 7 nitrogen and oxygen atoms in total. The predicted molar refractivity (Wildman–Crippen MR) is 95.0 cm³/mol. The average Bonchev–Trinajstić information content (AvgIpc) is 2.99. The number of aromatic amines is 1. The maximum Gasteiger partial charge on any atom is 0.345 e. The van der Waals surface area contributed by atoms with E-state index in [1.54, 1.807) is 10.9 Å². The first-order valence-electron chi connectivity index (χ1n) is 8.39.